The van der Waals surface area contributed by atoms with Crippen LogP contribution in [0, 0.1) is 6.92 Å². The van der Waals surface area contributed by atoms with Gasteiger partial charge < -0.3 is 9.42 Å². The Bertz CT molecular complexity index is 785. The average molecular weight is 321 g/mol. The normalized spacial score (nSPS) is 10.5. The van der Waals surface area contributed by atoms with Crippen molar-refractivity contribution in [1.82, 2.24) is 15.0 Å². The fourth-order valence-electron chi connectivity index (χ4n) is 2.50. The van der Waals surface area contributed by atoms with E-state index < -0.39 is 0 Å². The maximum atomic E-state index is 12.8. The van der Waals surface area contributed by atoms with Crippen molar-refractivity contribution in [2.75, 3.05) is 6.54 Å². The van der Waals surface area contributed by atoms with Crippen molar-refractivity contribution in [2.45, 2.75) is 19.9 Å². The number of hydrogen-bond acceptors (Lipinski definition) is 4. The molecule has 0 radical (unpaired) electrons. The highest BCUT2D eigenvalue weighted by Gasteiger charge is 2.19. The first-order chi connectivity index (χ1) is 11.7. The number of aryl methyl sites for hydroxylation is 1. The summed E-state index contributed by atoms with van der Waals surface area (Å²) in [6.07, 6.45) is 4.25. The van der Waals surface area contributed by atoms with Crippen LogP contribution in [0.25, 0.3) is 0 Å². The Labute approximate surface area is 140 Å². The van der Waals surface area contributed by atoms with Gasteiger partial charge in [-0.3, -0.25) is 9.78 Å². The SMILES string of the molecule is Cc1cc(C(=O)N(CCc2ccccc2)Cc2ccncc2)no1. The maximum absolute atomic E-state index is 12.8. The van der Waals surface area contributed by atoms with Crippen LogP contribution >= 0.6 is 0 Å². The highest BCUT2D eigenvalue weighted by atomic mass is 16.5. The predicted octanol–water partition coefficient (Wildman–Crippen LogP) is 3.26. The highest BCUT2D eigenvalue weighted by molar-refractivity contribution is 5.92. The number of benzene rings is 1. The van der Waals surface area contributed by atoms with Gasteiger partial charge in [-0.25, -0.2) is 0 Å². The third kappa shape index (κ3) is 4.07. The van der Waals surface area contributed by atoms with Crippen LogP contribution in [0.15, 0.2) is 65.4 Å². The van der Waals surface area contributed by atoms with Crippen LogP contribution in [0.4, 0.5) is 0 Å². The van der Waals surface area contributed by atoms with E-state index in [0.29, 0.717) is 24.5 Å². The molecular weight excluding hydrogens is 302 g/mol. The fourth-order valence-corrected chi connectivity index (χ4v) is 2.50. The lowest BCUT2D eigenvalue weighted by atomic mass is 10.1. The van der Waals surface area contributed by atoms with Gasteiger partial charge in [0, 0.05) is 31.5 Å². The Kier molecular flexibility index (Phi) is 5.01. The topological polar surface area (TPSA) is 59.2 Å². The second kappa shape index (κ2) is 7.55. The van der Waals surface area contributed by atoms with E-state index in [-0.39, 0.29) is 5.91 Å². The van der Waals surface area contributed by atoms with E-state index in [1.807, 2.05) is 30.3 Å². The second-order valence-corrected chi connectivity index (χ2v) is 5.64. The smallest absolute Gasteiger partial charge is 0.276 e. The third-order valence-electron chi connectivity index (χ3n) is 3.77. The number of aromatic nitrogens is 2. The summed E-state index contributed by atoms with van der Waals surface area (Å²) in [6.45, 7) is 2.90. The van der Waals surface area contributed by atoms with Crippen LogP contribution in [-0.4, -0.2) is 27.5 Å². The van der Waals surface area contributed by atoms with Crippen LogP contribution < -0.4 is 0 Å². The number of carbonyl (C=O) groups is 1. The van der Waals surface area contributed by atoms with Gasteiger partial charge in [-0.15, -0.1) is 0 Å². The van der Waals surface area contributed by atoms with E-state index >= 15 is 0 Å². The summed E-state index contributed by atoms with van der Waals surface area (Å²) < 4.78 is 5.04. The molecule has 5 nitrogen and oxygen atoms in total. The number of carbonyl (C=O) groups excluding carboxylic acids is 1. The number of pyridine rings is 1. The van der Waals surface area contributed by atoms with Gasteiger partial charge in [0.25, 0.3) is 5.91 Å². The van der Waals surface area contributed by atoms with E-state index in [0.717, 1.165) is 12.0 Å². The van der Waals surface area contributed by atoms with Crippen molar-refractivity contribution >= 4 is 5.91 Å². The van der Waals surface area contributed by atoms with Gasteiger partial charge in [-0.1, -0.05) is 35.5 Å². The van der Waals surface area contributed by atoms with Gasteiger partial charge in [-0.2, -0.15) is 0 Å². The molecule has 0 aliphatic heterocycles. The molecule has 3 rings (SSSR count). The number of amides is 1. The van der Waals surface area contributed by atoms with Crippen LogP contribution in [0.3, 0.4) is 0 Å². The van der Waals surface area contributed by atoms with Gasteiger partial charge in [0.2, 0.25) is 0 Å². The summed E-state index contributed by atoms with van der Waals surface area (Å²) >= 11 is 0. The first-order valence-electron chi connectivity index (χ1n) is 7.88. The Morgan fingerprint density at radius 3 is 2.50 bits per heavy atom. The molecule has 1 amide bonds. The predicted molar refractivity (Wildman–Crippen MR) is 90.4 cm³/mol. The molecular formula is C19H19N3O2. The molecule has 0 unspecified atom stereocenters. The van der Waals surface area contributed by atoms with Crippen LogP contribution in [0.5, 0.6) is 0 Å². The number of rotatable bonds is 6. The summed E-state index contributed by atoms with van der Waals surface area (Å²) in [4.78, 5) is 18.6. The Morgan fingerprint density at radius 2 is 1.83 bits per heavy atom. The van der Waals surface area contributed by atoms with Gasteiger partial charge in [0.05, 0.1) is 0 Å². The minimum atomic E-state index is -0.125. The summed E-state index contributed by atoms with van der Waals surface area (Å²) in [5, 5.41) is 3.85. The lowest BCUT2D eigenvalue weighted by Crippen LogP contribution is -2.32. The quantitative estimate of drug-likeness (QED) is 0.699. The standard InChI is InChI=1S/C19H19N3O2/c1-15-13-18(21-24-15)19(23)22(14-17-7-10-20-11-8-17)12-9-16-5-3-2-4-6-16/h2-8,10-11,13H,9,12,14H2,1H3. The largest absolute Gasteiger partial charge is 0.361 e. The first kappa shape index (κ1) is 15.9. The van der Waals surface area contributed by atoms with Crippen molar-refractivity contribution in [3.8, 4) is 0 Å². The Morgan fingerprint density at radius 1 is 1.08 bits per heavy atom. The van der Waals surface area contributed by atoms with E-state index in [2.05, 4.69) is 22.3 Å². The monoisotopic (exact) mass is 321 g/mol. The van der Waals surface area contributed by atoms with E-state index in [4.69, 9.17) is 4.52 Å². The zero-order valence-electron chi connectivity index (χ0n) is 13.6. The molecule has 0 saturated carbocycles. The Hall–Kier alpha value is -2.95. The van der Waals surface area contributed by atoms with E-state index in [1.165, 1.54) is 5.56 Å². The molecule has 24 heavy (non-hydrogen) atoms. The lowest BCUT2D eigenvalue weighted by molar-refractivity contribution is 0.0734. The van der Waals surface area contributed by atoms with Gasteiger partial charge >= 0.3 is 0 Å². The molecule has 0 N–H and O–H groups in total. The van der Waals surface area contributed by atoms with E-state index in [1.54, 1.807) is 30.3 Å². The lowest BCUT2D eigenvalue weighted by Gasteiger charge is -2.22. The van der Waals surface area contributed by atoms with Crippen molar-refractivity contribution in [3.05, 3.63) is 83.5 Å². The maximum Gasteiger partial charge on any atom is 0.276 e. The van der Waals surface area contributed by atoms with Crippen LogP contribution in [0.2, 0.25) is 0 Å². The molecule has 0 saturated heterocycles. The average Bonchev–Trinajstić information content (AvgIpc) is 3.06. The molecule has 0 bridgehead atoms. The van der Waals surface area contributed by atoms with Gasteiger partial charge in [0.1, 0.15) is 5.76 Å². The molecule has 0 fully saturated rings. The summed E-state index contributed by atoms with van der Waals surface area (Å²) in [5.74, 6) is 0.505. The molecule has 2 aromatic heterocycles. The number of hydrogen-bond donors (Lipinski definition) is 0. The molecule has 0 spiro atoms. The summed E-state index contributed by atoms with van der Waals surface area (Å²) in [7, 11) is 0. The van der Waals surface area contributed by atoms with Crippen molar-refractivity contribution in [1.29, 1.82) is 0 Å². The molecule has 122 valence electrons. The van der Waals surface area contributed by atoms with Gasteiger partial charge in [-0.05, 0) is 36.6 Å². The minimum Gasteiger partial charge on any atom is -0.361 e. The van der Waals surface area contributed by atoms with Gasteiger partial charge in [0.15, 0.2) is 5.69 Å². The summed E-state index contributed by atoms with van der Waals surface area (Å²) in [6, 6.07) is 15.6. The number of nitrogens with zero attached hydrogens (tertiary/aromatic N) is 3. The second-order valence-electron chi connectivity index (χ2n) is 5.64. The third-order valence-corrected chi connectivity index (χ3v) is 3.77. The fraction of sp³-hybridized carbons (Fsp3) is 0.211. The summed E-state index contributed by atoms with van der Waals surface area (Å²) in [5.41, 5.74) is 2.57. The molecule has 0 aliphatic rings. The molecule has 5 heteroatoms. The Balaban J connectivity index is 1.76. The molecule has 0 atom stereocenters. The molecule has 0 aliphatic carbocycles. The first-order valence-corrected chi connectivity index (χ1v) is 7.88. The zero-order valence-corrected chi connectivity index (χ0v) is 13.6. The highest BCUT2D eigenvalue weighted by Crippen LogP contribution is 2.12. The van der Waals surface area contributed by atoms with Crippen LogP contribution in [0.1, 0.15) is 27.4 Å². The van der Waals surface area contributed by atoms with Crippen LogP contribution in [-0.2, 0) is 13.0 Å². The minimum absolute atomic E-state index is 0.125. The molecule has 3 aromatic rings. The van der Waals surface area contributed by atoms with E-state index in [9.17, 15) is 4.79 Å². The van der Waals surface area contributed by atoms with Crippen molar-refractivity contribution < 1.29 is 9.32 Å². The van der Waals surface area contributed by atoms with Crippen molar-refractivity contribution in [2.24, 2.45) is 0 Å². The molecule has 2 heterocycles. The zero-order chi connectivity index (χ0) is 16.8. The van der Waals surface area contributed by atoms with Crippen molar-refractivity contribution in [3.63, 3.8) is 0 Å². The molecule has 1 aromatic carbocycles.